The molecule has 0 bridgehead atoms. The molecule has 1 aliphatic heterocycles. The number of amides is 1. The summed E-state index contributed by atoms with van der Waals surface area (Å²) in [5.74, 6) is 0.915. The lowest BCUT2D eigenvalue weighted by molar-refractivity contribution is -0.116. The zero-order chi connectivity index (χ0) is 21.4. The van der Waals surface area contributed by atoms with E-state index >= 15 is 0 Å². The molecule has 7 nitrogen and oxygen atoms in total. The fourth-order valence-electron chi connectivity index (χ4n) is 3.65. The monoisotopic (exact) mass is 426 g/mol. The van der Waals surface area contributed by atoms with E-state index in [1.54, 1.807) is 16.8 Å². The molecule has 0 saturated carbocycles. The Morgan fingerprint density at radius 1 is 1.23 bits per heavy atom. The summed E-state index contributed by atoms with van der Waals surface area (Å²) >= 11 is 1.37. The number of aromatic nitrogens is 3. The third-order valence-electron chi connectivity index (χ3n) is 5.14. The first kappa shape index (κ1) is 19.2. The molecule has 0 spiro atoms. The molecule has 2 aromatic heterocycles. The van der Waals surface area contributed by atoms with Crippen LogP contribution in [0.1, 0.15) is 12.5 Å². The minimum absolute atomic E-state index is 0.0561. The normalized spacial score (nSPS) is 14.8. The Labute approximate surface area is 183 Å². The van der Waals surface area contributed by atoms with Crippen molar-refractivity contribution in [2.24, 2.45) is 4.99 Å². The van der Waals surface area contributed by atoms with E-state index in [0.29, 0.717) is 22.3 Å². The molecule has 152 valence electrons. The van der Waals surface area contributed by atoms with Gasteiger partial charge in [-0.05, 0) is 37.3 Å². The molecule has 1 fully saturated rings. The van der Waals surface area contributed by atoms with Crippen LogP contribution in [0.25, 0.3) is 27.8 Å². The smallest absolute Gasteiger partial charge is 0.236 e. The maximum absolute atomic E-state index is 11.6. The summed E-state index contributed by atoms with van der Waals surface area (Å²) in [5.41, 5.74) is 4.34. The number of fused-ring (bicyclic) bond motifs is 1. The summed E-state index contributed by atoms with van der Waals surface area (Å²) in [4.78, 5) is 16.3. The van der Waals surface area contributed by atoms with Gasteiger partial charge in [0.2, 0.25) is 5.91 Å². The van der Waals surface area contributed by atoms with Crippen LogP contribution >= 0.6 is 11.8 Å². The zero-order valence-electron chi connectivity index (χ0n) is 16.7. The molecule has 2 aromatic carbocycles. The molecule has 0 atom stereocenters. The number of carbonyl (C=O) groups is 1. The van der Waals surface area contributed by atoms with E-state index < -0.39 is 0 Å². The van der Waals surface area contributed by atoms with Gasteiger partial charge in [-0.25, -0.2) is 9.67 Å². The number of para-hydroxylation sites is 1. The number of amidine groups is 1. The number of nitrogens with zero attached hydrogens (tertiary/aromatic N) is 5. The zero-order valence-corrected chi connectivity index (χ0v) is 17.6. The Morgan fingerprint density at radius 2 is 2.03 bits per heavy atom. The van der Waals surface area contributed by atoms with Gasteiger partial charge in [-0.15, -0.1) is 0 Å². The van der Waals surface area contributed by atoms with Gasteiger partial charge in [0.15, 0.2) is 11.0 Å². The number of nitriles is 1. The van der Waals surface area contributed by atoms with Gasteiger partial charge in [0.1, 0.15) is 0 Å². The topological polar surface area (TPSA) is 88.0 Å². The third-order valence-corrected chi connectivity index (χ3v) is 6.01. The second kappa shape index (κ2) is 7.78. The van der Waals surface area contributed by atoms with Crippen molar-refractivity contribution >= 4 is 39.6 Å². The average molecular weight is 427 g/mol. The van der Waals surface area contributed by atoms with Gasteiger partial charge in [-0.3, -0.25) is 4.79 Å². The number of aryl methyl sites for hydroxylation is 1. The molecule has 1 saturated heterocycles. The number of thioether (sulfide) groups is 1. The predicted octanol–water partition coefficient (Wildman–Crippen LogP) is 4.24. The minimum atomic E-state index is -0.0561. The van der Waals surface area contributed by atoms with Crippen molar-refractivity contribution in [1.29, 1.82) is 5.26 Å². The second-order valence-corrected chi connectivity index (χ2v) is 8.02. The molecule has 1 aliphatic rings. The molecule has 1 N–H and O–H groups in total. The number of rotatable bonds is 4. The van der Waals surface area contributed by atoms with Gasteiger partial charge >= 0.3 is 0 Å². The Bertz CT molecular complexity index is 1370. The van der Waals surface area contributed by atoms with E-state index in [-0.39, 0.29) is 5.91 Å². The van der Waals surface area contributed by atoms with Crippen molar-refractivity contribution in [2.75, 3.05) is 5.75 Å². The number of hydrogen-bond donors (Lipinski definition) is 1. The van der Waals surface area contributed by atoms with Crippen LogP contribution in [0.15, 0.2) is 65.8 Å². The third kappa shape index (κ3) is 3.49. The number of benzene rings is 2. The molecular formula is C23H18N6OS. The van der Waals surface area contributed by atoms with Crippen LogP contribution in [0.2, 0.25) is 0 Å². The lowest BCUT2D eigenvalue weighted by Gasteiger charge is -2.04. The van der Waals surface area contributed by atoms with Gasteiger partial charge in [0.25, 0.3) is 0 Å². The summed E-state index contributed by atoms with van der Waals surface area (Å²) in [5, 5.41) is 18.4. The first-order valence-electron chi connectivity index (χ1n) is 9.86. The molecule has 0 aliphatic carbocycles. The summed E-state index contributed by atoms with van der Waals surface area (Å²) in [7, 11) is 0. The molecular weight excluding hydrogens is 408 g/mol. The van der Waals surface area contributed by atoms with E-state index in [4.69, 9.17) is 10.4 Å². The molecule has 4 aromatic rings. The van der Waals surface area contributed by atoms with E-state index in [0.717, 1.165) is 34.4 Å². The molecule has 0 radical (unpaired) electrons. The number of nitrogens with one attached hydrogen (secondary N) is 1. The largest absolute Gasteiger partial charge is 0.347 e. The van der Waals surface area contributed by atoms with Crippen molar-refractivity contribution < 1.29 is 4.79 Å². The Morgan fingerprint density at radius 3 is 2.74 bits per heavy atom. The summed E-state index contributed by atoms with van der Waals surface area (Å²) in [6, 6.07) is 19.5. The molecule has 1 amide bonds. The fourth-order valence-corrected chi connectivity index (χ4v) is 4.34. The maximum Gasteiger partial charge on any atom is 0.236 e. The van der Waals surface area contributed by atoms with Crippen molar-refractivity contribution in [2.45, 2.75) is 13.5 Å². The van der Waals surface area contributed by atoms with Crippen LogP contribution in [0.3, 0.4) is 0 Å². The van der Waals surface area contributed by atoms with Crippen molar-refractivity contribution in [3.05, 3.63) is 66.4 Å². The SMILES string of the molecule is CCn1cc(-c2cc(N=C3NC(=O)CS3)n(-c3ccc(C#N)cc3)n2)c2ccccc21. The van der Waals surface area contributed by atoms with E-state index in [1.807, 2.05) is 30.3 Å². The van der Waals surface area contributed by atoms with Crippen LogP contribution < -0.4 is 5.32 Å². The van der Waals surface area contributed by atoms with E-state index in [9.17, 15) is 4.79 Å². The first-order chi connectivity index (χ1) is 15.2. The Kier molecular flexibility index (Phi) is 4.81. The van der Waals surface area contributed by atoms with Gasteiger partial charge in [-0.2, -0.15) is 10.4 Å². The molecule has 8 heteroatoms. The predicted molar refractivity (Wildman–Crippen MR) is 123 cm³/mol. The van der Waals surface area contributed by atoms with Gasteiger partial charge in [-0.1, -0.05) is 30.0 Å². The van der Waals surface area contributed by atoms with Crippen LogP contribution in [0.4, 0.5) is 5.82 Å². The summed E-state index contributed by atoms with van der Waals surface area (Å²) in [6.07, 6.45) is 2.11. The molecule has 5 rings (SSSR count). The Hall–Kier alpha value is -3.83. The lowest BCUT2D eigenvalue weighted by Crippen LogP contribution is -2.20. The number of hydrogen-bond acceptors (Lipinski definition) is 5. The van der Waals surface area contributed by atoms with Crippen molar-refractivity contribution in [3.63, 3.8) is 0 Å². The van der Waals surface area contributed by atoms with Gasteiger partial charge in [0, 0.05) is 35.3 Å². The van der Waals surface area contributed by atoms with E-state index in [1.165, 1.54) is 11.8 Å². The standard InChI is InChI=1S/C23H18N6OS/c1-2-28-13-18(17-5-3-4-6-20(17)28)19-11-21(25-23-26-22(30)14-31-23)29(27-19)16-9-7-15(12-24)8-10-16/h3-11,13H,2,14H2,1H3,(H,25,26,30). The lowest BCUT2D eigenvalue weighted by atomic mass is 10.1. The Balaban J connectivity index is 1.68. The first-order valence-corrected chi connectivity index (χ1v) is 10.8. The summed E-state index contributed by atoms with van der Waals surface area (Å²) < 4.78 is 3.94. The minimum Gasteiger partial charge on any atom is -0.347 e. The van der Waals surface area contributed by atoms with Gasteiger partial charge in [0.05, 0.1) is 28.8 Å². The number of carbonyl (C=O) groups excluding carboxylic acids is 1. The summed E-state index contributed by atoms with van der Waals surface area (Å²) in [6.45, 7) is 2.97. The van der Waals surface area contributed by atoms with Crippen molar-refractivity contribution in [3.8, 4) is 23.0 Å². The van der Waals surface area contributed by atoms with E-state index in [2.05, 4.69) is 46.2 Å². The highest BCUT2D eigenvalue weighted by Gasteiger charge is 2.20. The quantitative estimate of drug-likeness (QED) is 0.529. The highest BCUT2D eigenvalue weighted by molar-refractivity contribution is 8.15. The molecule has 3 heterocycles. The highest BCUT2D eigenvalue weighted by Crippen LogP contribution is 2.33. The molecule has 0 unspecified atom stereocenters. The average Bonchev–Trinajstić information content (AvgIpc) is 3.51. The van der Waals surface area contributed by atoms with Crippen LogP contribution in [-0.4, -0.2) is 31.2 Å². The second-order valence-electron chi connectivity index (χ2n) is 7.06. The van der Waals surface area contributed by atoms with Crippen LogP contribution in [-0.2, 0) is 11.3 Å². The van der Waals surface area contributed by atoms with Crippen molar-refractivity contribution in [1.82, 2.24) is 19.7 Å². The van der Waals surface area contributed by atoms with Crippen LogP contribution in [0, 0.1) is 11.3 Å². The maximum atomic E-state index is 11.6. The highest BCUT2D eigenvalue weighted by atomic mass is 32.2. The van der Waals surface area contributed by atoms with Gasteiger partial charge < -0.3 is 9.88 Å². The number of aliphatic imine (C=N–C) groups is 1. The molecule has 31 heavy (non-hydrogen) atoms. The fraction of sp³-hybridized carbons (Fsp3) is 0.130. The van der Waals surface area contributed by atoms with Crippen LogP contribution in [0.5, 0.6) is 0 Å².